The van der Waals surface area contributed by atoms with E-state index in [0.717, 1.165) is 22.0 Å². The lowest BCUT2D eigenvalue weighted by atomic mass is 9.94. The maximum absolute atomic E-state index is 6.48. The monoisotopic (exact) mass is 276 g/mol. The molecule has 3 aromatic rings. The topological polar surface area (TPSA) is 38.9 Å². The number of nitrogens with two attached hydrogens (primary N) is 1. The first-order valence-corrected chi connectivity index (χ1v) is 7.36. The Morgan fingerprint density at radius 2 is 1.52 bits per heavy atom. The minimum absolute atomic E-state index is 0.126. The van der Waals surface area contributed by atoms with Crippen molar-refractivity contribution in [1.29, 1.82) is 0 Å². The Balaban J connectivity index is 2.02. The first kappa shape index (κ1) is 13.8. The molecular weight excluding hydrogens is 256 g/mol. The van der Waals surface area contributed by atoms with Crippen LogP contribution in [0, 0.1) is 0 Å². The molecule has 1 heterocycles. The number of hydrogen-bond acceptors (Lipinski definition) is 2. The van der Waals surface area contributed by atoms with Crippen LogP contribution in [0.2, 0.25) is 0 Å². The summed E-state index contributed by atoms with van der Waals surface area (Å²) in [5, 5.41) is 1.13. The smallest absolute Gasteiger partial charge is 0.0705 e. The molecule has 0 aliphatic rings. The molecular formula is C19H20N2. The average Bonchev–Trinajstić information content (AvgIpc) is 2.53. The first-order chi connectivity index (χ1) is 10.2. The first-order valence-electron chi connectivity index (χ1n) is 7.36. The van der Waals surface area contributed by atoms with Crippen molar-refractivity contribution >= 4 is 10.9 Å². The highest BCUT2D eigenvalue weighted by molar-refractivity contribution is 5.82. The second kappa shape index (κ2) is 5.66. The van der Waals surface area contributed by atoms with E-state index in [1.54, 1.807) is 0 Å². The molecule has 0 aliphatic carbocycles. The van der Waals surface area contributed by atoms with Gasteiger partial charge < -0.3 is 5.73 Å². The maximum atomic E-state index is 6.48. The van der Waals surface area contributed by atoms with Gasteiger partial charge in [-0.05, 0) is 34.7 Å². The molecule has 0 aliphatic heterocycles. The van der Waals surface area contributed by atoms with Crippen LogP contribution in [0.4, 0.5) is 0 Å². The van der Waals surface area contributed by atoms with Crippen molar-refractivity contribution in [3.05, 3.63) is 77.5 Å². The molecule has 0 radical (unpaired) electrons. The Morgan fingerprint density at radius 3 is 2.24 bits per heavy atom. The zero-order chi connectivity index (χ0) is 14.8. The van der Waals surface area contributed by atoms with Crippen LogP contribution in [-0.2, 0) is 0 Å². The number of aromatic nitrogens is 1. The number of fused-ring (bicyclic) bond motifs is 1. The second-order valence-electron chi connectivity index (χ2n) is 5.72. The van der Waals surface area contributed by atoms with Crippen molar-refractivity contribution in [3.63, 3.8) is 0 Å². The van der Waals surface area contributed by atoms with Gasteiger partial charge in [-0.2, -0.15) is 0 Å². The zero-order valence-electron chi connectivity index (χ0n) is 12.5. The third-order valence-electron chi connectivity index (χ3n) is 3.98. The highest BCUT2D eigenvalue weighted by atomic mass is 14.7. The summed E-state index contributed by atoms with van der Waals surface area (Å²) in [5.41, 5.74) is 11.1. The fraction of sp³-hybridized carbons (Fsp3) is 0.211. The number of hydrogen-bond donors (Lipinski definition) is 1. The average molecular weight is 276 g/mol. The van der Waals surface area contributed by atoms with Crippen LogP contribution in [0.3, 0.4) is 0 Å². The van der Waals surface area contributed by atoms with Crippen LogP contribution in [0.5, 0.6) is 0 Å². The summed E-state index contributed by atoms with van der Waals surface area (Å²) < 4.78 is 0. The van der Waals surface area contributed by atoms with E-state index >= 15 is 0 Å². The summed E-state index contributed by atoms with van der Waals surface area (Å²) in [5.74, 6) is 0.539. The standard InChI is InChI=1S/C19H20N2/c1-13(2)14-7-9-15(10-8-14)19(20)17-11-12-21-18-6-4-3-5-16(17)18/h3-13,19H,20H2,1-2H3. The summed E-state index contributed by atoms with van der Waals surface area (Å²) in [6.07, 6.45) is 1.83. The Morgan fingerprint density at radius 1 is 0.857 bits per heavy atom. The largest absolute Gasteiger partial charge is 0.320 e. The van der Waals surface area contributed by atoms with E-state index in [1.165, 1.54) is 5.56 Å². The van der Waals surface area contributed by atoms with Crippen LogP contribution in [0.1, 0.15) is 42.5 Å². The molecule has 0 fully saturated rings. The molecule has 0 amide bonds. The van der Waals surface area contributed by atoms with Crippen molar-refractivity contribution < 1.29 is 0 Å². The minimum atomic E-state index is -0.126. The fourth-order valence-electron chi connectivity index (χ4n) is 2.66. The van der Waals surface area contributed by atoms with Gasteiger partial charge in [0, 0.05) is 11.6 Å². The number of rotatable bonds is 3. The lowest BCUT2D eigenvalue weighted by molar-refractivity contribution is 0.850. The van der Waals surface area contributed by atoms with Crippen LogP contribution in [0.15, 0.2) is 60.8 Å². The fourth-order valence-corrected chi connectivity index (χ4v) is 2.66. The zero-order valence-corrected chi connectivity index (χ0v) is 12.5. The molecule has 21 heavy (non-hydrogen) atoms. The molecule has 2 N–H and O–H groups in total. The minimum Gasteiger partial charge on any atom is -0.320 e. The van der Waals surface area contributed by atoms with Gasteiger partial charge in [-0.15, -0.1) is 0 Å². The van der Waals surface area contributed by atoms with Gasteiger partial charge in [0.25, 0.3) is 0 Å². The van der Waals surface area contributed by atoms with Gasteiger partial charge in [-0.3, -0.25) is 4.98 Å². The van der Waals surface area contributed by atoms with Crippen molar-refractivity contribution in [3.8, 4) is 0 Å². The third kappa shape index (κ3) is 2.67. The molecule has 2 aromatic carbocycles. The normalized spacial score (nSPS) is 12.8. The van der Waals surface area contributed by atoms with Crippen LogP contribution >= 0.6 is 0 Å². The van der Waals surface area contributed by atoms with Gasteiger partial charge in [0.15, 0.2) is 0 Å². The van der Waals surface area contributed by atoms with Crippen molar-refractivity contribution in [2.45, 2.75) is 25.8 Å². The van der Waals surface area contributed by atoms with Gasteiger partial charge in [-0.25, -0.2) is 0 Å². The predicted molar refractivity (Wildman–Crippen MR) is 88.3 cm³/mol. The summed E-state index contributed by atoms with van der Waals surface area (Å²) in [7, 11) is 0. The molecule has 0 bridgehead atoms. The van der Waals surface area contributed by atoms with Gasteiger partial charge in [0.2, 0.25) is 0 Å². The highest BCUT2D eigenvalue weighted by Crippen LogP contribution is 2.27. The summed E-state index contributed by atoms with van der Waals surface area (Å²) in [6.45, 7) is 4.40. The summed E-state index contributed by atoms with van der Waals surface area (Å²) in [4.78, 5) is 4.40. The van der Waals surface area contributed by atoms with Gasteiger partial charge in [0.05, 0.1) is 11.6 Å². The maximum Gasteiger partial charge on any atom is 0.0705 e. The van der Waals surface area contributed by atoms with E-state index in [-0.39, 0.29) is 6.04 Å². The Kier molecular flexibility index (Phi) is 3.72. The number of benzene rings is 2. The molecule has 3 rings (SSSR count). The third-order valence-corrected chi connectivity index (χ3v) is 3.98. The molecule has 2 nitrogen and oxygen atoms in total. The molecule has 2 heteroatoms. The lowest BCUT2D eigenvalue weighted by Crippen LogP contribution is -2.12. The molecule has 1 atom stereocenters. The quantitative estimate of drug-likeness (QED) is 0.769. The summed E-state index contributed by atoms with van der Waals surface area (Å²) in [6, 6.07) is 18.6. The number of nitrogens with zero attached hydrogens (tertiary/aromatic N) is 1. The second-order valence-corrected chi connectivity index (χ2v) is 5.72. The predicted octanol–water partition coefficient (Wildman–Crippen LogP) is 4.41. The van der Waals surface area contributed by atoms with E-state index in [4.69, 9.17) is 5.73 Å². The molecule has 0 saturated heterocycles. The van der Waals surface area contributed by atoms with Gasteiger partial charge in [-0.1, -0.05) is 56.3 Å². The SMILES string of the molecule is CC(C)c1ccc(C(N)c2ccnc3ccccc23)cc1. The van der Waals surface area contributed by atoms with E-state index < -0.39 is 0 Å². The molecule has 1 unspecified atom stereocenters. The van der Waals surface area contributed by atoms with E-state index in [1.807, 2.05) is 30.5 Å². The molecule has 106 valence electrons. The van der Waals surface area contributed by atoms with Crippen molar-refractivity contribution in [1.82, 2.24) is 4.98 Å². The van der Waals surface area contributed by atoms with Crippen LogP contribution in [-0.4, -0.2) is 4.98 Å². The Labute approximate surface area is 125 Å². The van der Waals surface area contributed by atoms with E-state index in [0.29, 0.717) is 5.92 Å². The number of pyridine rings is 1. The number of para-hydroxylation sites is 1. The van der Waals surface area contributed by atoms with E-state index in [2.05, 4.69) is 49.2 Å². The van der Waals surface area contributed by atoms with E-state index in [9.17, 15) is 0 Å². The highest BCUT2D eigenvalue weighted by Gasteiger charge is 2.12. The Hall–Kier alpha value is -2.19. The van der Waals surface area contributed by atoms with Crippen LogP contribution in [0.25, 0.3) is 10.9 Å². The lowest BCUT2D eigenvalue weighted by Gasteiger charge is -2.16. The summed E-state index contributed by atoms with van der Waals surface area (Å²) >= 11 is 0. The van der Waals surface area contributed by atoms with Crippen molar-refractivity contribution in [2.75, 3.05) is 0 Å². The van der Waals surface area contributed by atoms with Gasteiger partial charge in [0.1, 0.15) is 0 Å². The van der Waals surface area contributed by atoms with Crippen molar-refractivity contribution in [2.24, 2.45) is 5.73 Å². The molecule has 0 spiro atoms. The van der Waals surface area contributed by atoms with Crippen LogP contribution < -0.4 is 5.73 Å². The molecule has 0 saturated carbocycles. The van der Waals surface area contributed by atoms with Gasteiger partial charge >= 0.3 is 0 Å². The Bertz CT molecular complexity index is 740. The molecule has 1 aromatic heterocycles.